The van der Waals surface area contributed by atoms with Crippen LogP contribution in [0.25, 0.3) is 0 Å². The summed E-state index contributed by atoms with van der Waals surface area (Å²) < 4.78 is 0. The summed E-state index contributed by atoms with van der Waals surface area (Å²) in [5.74, 6) is 1.73. The summed E-state index contributed by atoms with van der Waals surface area (Å²) >= 11 is 2.08. The minimum Gasteiger partial charge on any atom is -0.122 e. The summed E-state index contributed by atoms with van der Waals surface area (Å²) in [7, 11) is 0. The van der Waals surface area contributed by atoms with Gasteiger partial charge in [-0.3, -0.25) is 0 Å². The normalized spacial score (nSPS) is 32.5. The molecule has 15 heavy (non-hydrogen) atoms. The predicted octanol–water partition coefficient (Wildman–Crippen LogP) is 4.05. The summed E-state index contributed by atoms with van der Waals surface area (Å²) in [6, 6.07) is 8.89. The van der Waals surface area contributed by atoms with Crippen molar-refractivity contribution in [3.63, 3.8) is 0 Å². The van der Waals surface area contributed by atoms with Crippen LogP contribution < -0.4 is 0 Å². The van der Waals surface area contributed by atoms with E-state index in [-0.39, 0.29) is 0 Å². The molecule has 2 aliphatic rings. The second-order valence-corrected chi connectivity index (χ2v) is 6.07. The lowest BCUT2D eigenvalue weighted by atomic mass is 10.1. The fourth-order valence-corrected chi connectivity index (χ4v) is 4.21. The predicted molar refractivity (Wildman–Crippen MR) is 66.2 cm³/mol. The Balaban J connectivity index is 1.73. The van der Waals surface area contributed by atoms with Gasteiger partial charge >= 0.3 is 0 Å². The van der Waals surface area contributed by atoms with Gasteiger partial charge in [0, 0.05) is 10.1 Å². The Morgan fingerprint density at radius 1 is 1.20 bits per heavy atom. The number of allylic oxidation sites excluding steroid dienone is 2. The molecule has 0 unspecified atom stereocenters. The second-order valence-electron chi connectivity index (χ2n) is 4.75. The molecule has 0 N–H and O–H groups in total. The first-order chi connectivity index (χ1) is 7.31. The van der Waals surface area contributed by atoms with Crippen molar-refractivity contribution in [3.8, 4) is 0 Å². The molecule has 0 saturated heterocycles. The number of aryl methyl sites for hydroxylation is 1. The van der Waals surface area contributed by atoms with E-state index in [1.54, 1.807) is 0 Å². The summed E-state index contributed by atoms with van der Waals surface area (Å²) in [5.41, 5.74) is 1.37. The van der Waals surface area contributed by atoms with E-state index in [0.717, 1.165) is 17.1 Å². The van der Waals surface area contributed by atoms with Crippen molar-refractivity contribution in [1.82, 2.24) is 0 Å². The van der Waals surface area contributed by atoms with Crippen LogP contribution in [0, 0.1) is 18.8 Å². The molecule has 0 heterocycles. The maximum atomic E-state index is 2.43. The molecule has 1 aromatic carbocycles. The zero-order chi connectivity index (χ0) is 10.3. The molecule has 3 rings (SSSR count). The van der Waals surface area contributed by atoms with Crippen LogP contribution >= 0.6 is 11.8 Å². The highest BCUT2D eigenvalue weighted by atomic mass is 32.2. The summed E-state index contributed by atoms with van der Waals surface area (Å²) in [6.45, 7) is 2.17. The van der Waals surface area contributed by atoms with E-state index in [4.69, 9.17) is 0 Å². The van der Waals surface area contributed by atoms with Crippen LogP contribution in [0.15, 0.2) is 41.3 Å². The van der Waals surface area contributed by atoms with Gasteiger partial charge in [-0.1, -0.05) is 29.8 Å². The molecule has 1 saturated carbocycles. The zero-order valence-corrected chi connectivity index (χ0v) is 9.84. The lowest BCUT2D eigenvalue weighted by Gasteiger charge is -2.17. The highest BCUT2D eigenvalue weighted by Gasteiger charge is 2.35. The quantitative estimate of drug-likeness (QED) is 0.672. The van der Waals surface area contributed by atoms with E-state index >= 15 is 0 Å². The molecular weight excluding hydrogens is 200 g/mol. The first kappa shape index (κ1) is 9.53. The van der Waals surface area contributed by atoms with Gasteiger partial charge in [0.1, 0.15) is 0 Å². The Hall–Kier alpha value is -0.690. The Kier molecular flexibility index (Phi) is 2.36. The number of benzene rings is 1. The van der Waals surface area contributed by atoms with Crippen molar-refractivity contribution in [2.45, 2.75) is 29.9 Å². The molecule has 0 aromatic heterocycles. The second kappa shape index (κ2) is 3.71. The van der Waals surface area contributed by atoms with E-state index in [1.165, 1.54) is 23.3 Å². The van der Waals surface area contributed by atoms with Gasteiger partial charge in [-0.05, 0) is 43.7 Å². The molecule has 0 spiro atoms. The largest absolute Gasteiger partial charge is 0.122 e. The van der Waals surface area contributed by atoms with Crippen LogP contribution in [0.5, 0.6) is 0 Å². The van der Waals surface area contributed by atoms with E-state index < -0.39 is 0 Å². The van der Waals surface area contributed by atoms with Crippen LogP contribution in [0.1, 0.15) is 18.4 Å². The molecule has 0 nitrogen and oxygen atoms in total. The fourth-order valence-electron chi connectivity index (χ4n) is 2.73. The molecule has 1 fully saturated rings. The van der Waals surface area contributed by atoms with Gasteiger partial charge in [0.25, 0.3) is 0 Å². The number of fused-ring (bicyclic) bond motifs is 2. The van der Waals surface area contributed by atoms with Crippen LogP contribution in [0.2, 0.25) is 0 Å². The third kappa shape index (κ3) is 1.85. The van der Waals surface area contributed by atoms with E-state index in [9.17, 15) is 0 Å². The lowest BCUT2D eigenvalue weighted by molar-refractivity contribution is 0.692. The Labute approximate surface area is 95.8 Å². The van der Waals surface area contributed by atoms with Crippen molar-refractivity contribution in [2.75, 3.05) is 0 Å². The van der Waals surface area contributed by atoms with Crippen LogP contribution in [0.3, 0.4) is 0 Å². The van der Waals surface area contributed by atoms with Crippen molar-refractivity contribution in [1.29, 1.82) is 0 Å². The number of hydrogen-bond acceptors (Lipinski definition) is 1. The third-order valence-corrected chi connectivity index (χ3v) is 4.87. The minimum atomic E-state index is 0.835. The van der Waals surface area contributed by atoms with Gasteiger partial charge in [-0.15, -0.1) is 11.8 Å². The van der Waals surface area contributed by atoms with E-state index in [2.05, 4.69) is 55.1 Å². The smallest absolute Gasteiger partial charge is 0.0163 e. The van der Waals surface area contributed by atoms with Crippen LogP contribution in [0.4, 0.5) is 0 Å². The van der Waals surface area contributed by atoms with E-state index in [0.29, 0.717) is 0 Å². The summed E-state index contributed by atoms with van der Waals surface area (Å²) in [5, 5.41) is 0.835. The Morgan fingerprint density at radius 2 is 2.13 bits per heavy atom. The number of thioether (sulfide) groups is 1. The minimum absolute atomic E-state index is 0.835. The van der Waals surface area contributed by atoms with Gasteiger partial charge in [0.2, 0.25) is 0 Å². The molecule has 1 heteroatoms. The van der Waals surface area contributed by atoms with E-state index in [1.807, 2.05) is 0 Å². The van der Waals surface area contributed by atoms with Gasteiger partial charge in [0.15, 0.2) is 0 Å². The van der Waals surface area contributed by atoms with Gasteiger partial charge in [-0.25, -0.2) is 0 Å². The standard InChI is InChI=1S/C14H16S/c1-10-3-2-4-13(7-10)15-14-9-11-5-6-12(14)8-11/h2-7,11-12,14H,8-9H2,1H3/t11-,12+,14+/m0/s1. The van der Waals surface area contributed by atoms with Gasteiger partial charge < -0.3 is 0 Å². The van der Waals surface area contributed by atoms with Crippen LogP contribution in [-0.4, -0.2) is 5.25 Å². The maximum absolute atomic E-state index is 2.43. The average molecular weight is 216 g/mol. The monoisotopic (exact) mass is 216 g/mol. The number of rotatable bonds is 2. The number of hydrogen-bond donors (Lipinski definition) is 0. The Morgan fingerprint density at radius 3 is 2.80 bits per heavy atom. The molecular formula is C14H16S. The summed E-state index contributed by atoms with van der Waals surface area (Å²) in [6.07, 6.45) is 7.64. The molecule has 1 aromatic rings. The topological polar surface area (TPSA) is 0 Å². The van der Waals surface area contributed by atoms with Crippen LogP contribution in [-0.2, 0) is 0 Å². The van der Waals surface area contributed by atoms with Gasteiger partial charge in [0.05, 0.1) is 0 Å². The first-order valence-corrected chi connectivity index (χ1v) is 6.61. The highest BCUT2D eigenvalue weighted by Crippen LogP contribution is 2.47. The Bertz CT molecular complexity index is 394. The first-order valence-electron chi connectivity index (χ1n) is 5.73. The van der Waals surface area contributed by atoms with Gasteiger partial charge in [-0.2, -0.15) is 0 Å². The molecule has 2 bridgehead atoms. The molecule has 0 radical (unpaired) electrons. The maximum Gasteiger partial charge on any atom is 0.0163 e. The molecule has 2 aliphatic carbocycles. The molecule has 0 amide bonds. The highest BCUT2D eigenvalue weighted by molar-refractivity contribution is 8.00. The van der Waals surface area contributed by atoms with Crippen molar-refractivity contribution in [3.05, 3.63) is 42.0 Å². The fraction of sp³-hybridized carbons (Fsp3) is 0.429. The van der Waals surface area contributed by atoms with Crippen molar-refractivity contribution < 1.29 is 0 Å². The van der Waals surface area contributed by atoms with Crippen molar-refractivity contribution >= 4 is 11.8 Å². The van der Waals surface area contributed by atoms with Crippen molar-refractivity contribution in [2.24, 2.45) is 11.8 Å². The lowest BCUT2D eigenvalue weighted by Crippen LogP contribution is -2.08. The molecule has 3 atom stereocenters. The third-order valence-electron chi connectivity index (χ3n) is 3.49. The molecule has 0 aliphatic heterocycles. The molecule has 78 valence electrons. The SMILES string of the molecule is Cc1cccc(S[C@@H]2C[C@H]3C=C[C@@H]2C3)c1. The summed E-state index contributed by atoms with van der Waals surface area (Å²) in [4.78, 5) is 1.45. The zero-order valence-electron chi connectivity index (χ0n) is 9.02. The average Bonchev–Trinajstić information content (AvgIpc) is 2.79.